The smallest absolute Gasteiger partial charge is 0.227 e. The average Bonchev–Trinajstić information content (AvgIpc) is 2.81. The molecule has 0 bridgehead atoms. The third-order valence-electron chi connectivity index (χ3n) is 6.24. The summed E-state index contributed by atoms with van der Waals surface area (Å²) in [6, 6.07) is 9.83. The maximum Gasteiger partial charge on any atom is 0.227 e. The van der Waals surface area contributed by atoms with Crippen LogP contribution in [-0.4, -0.2) is 28.7 Å². The number of anilines is 3. The molecule has 0 aliphatic carbocycles. The molecule has 0 saturated heterocycles. The first kappa shape index (κ1) is 22.6. The molecule has 176 valence electrons. The minimum atomic E-state index is -0.531. The van der Waals surface area contributed by atoms with E-state index in [1.54, 1.807) is 6.07 Å². The minimum Gasteiger partial charge on any atom is -0.481 e. The number of nitrogens with zero attached hydrogens (tertiary/aromatic N) is 3. The topological polar surface area (TPSA) is 62.3 Å². The van der Waals surface area contributed by atoms with Gasteiger partial charge in [0.15, 0.2) is 11.6 Å². The lowest BCUT2D eigenvalue weighted by Gasteiger charge is -2.40. The van der Waals surface area contributed by atoms with Gasteiger partial charge in [0.1, 0.15) is 11.8 Å². The highest BCUT2D eigenvalue weighted by atomic mass is 35.5. The molecule has 8 heteroatoms. The van der Waals surface area contributed by atoms with Gasteiger partial charge in [0.2, 0.25) is 5.95 Å². The molecule has 2 aliphatic heterocycles. The zero-order chi connectivity index (χ0) is 24.0. The summed E-state index contributed by atoms with van der Waals surface area (Å²) in [6.45, 7) is 12.1. The Labute approximate surface area is 203 Å². The molecule has 5 rings (SSSR count). The average molecular weight is 480 g/mol. The van der Waals surface area contributed by atoms with Gasteiger partial charge in [0, 0.05) is 23.8 Å². The summed E-state index contributed by atoms with van der Waals surface area (Å²) in [4.78, 5) is 10.7. The van der Waals surface area contributed by atoms with Crippen molar-refractivity contribution in [3.8, 4) is 17.0 Å². The van der Waals surface area contributed by atoms with Gasteiger partial charge < -0.3 is 20.3 Å². The van der Waals surface area contributed by atoms with Gasteiger partial charge in [-0.3, -0.25) is 0 Å². The number of rotatable bonds is 4. The number of benzene rings is 2. The zero-order valence-electron chi connectivity index (χ0n) is 19.5. The second-order valence-electron chi connectivity index (χ2n) is 8.95. The lowest BCUT2D eigenvalue weighted by Crippen LogP contribution is -2.40. The van der Waals surface area contributed by atoms with E-state index in [9.17, 15) is 4.39 Å². The van der Waals surface area contributed by atoms with Crippen LogP contribution < -0.4 is 20.3 Å². The maximum absolute atomic E-state index is 14.9. The van der Waals surface area contributed by atoms with Gasteiger partial charge in [-0.25, -0.2) is 14.4 Å². The van der Waals surface area contributed by atoms with Crippen molar-refractivity contribution in [2.45, 2.75) is 45.9 Å². The third kappa shape index (κ3) is 4.10. The van der Waals surface area contributed by atoms with Crippen LogP contribution in [0.1, 0.15) is 31.9 Å². The Morgan fingerprint density at radius 3 is 2.88 bits per heavy atom. The number of hydrogen-bond acceptors (Lipinski definition) is 6. The molecule has 0 spiro atoms. The van der Waals surface area contributed by atoms with Gasteiger partial charge in [0.05, 0.1) is 22.6 Å². The first-order chi connectivity index (χ1) is 16.3. The van der Waals surface area contributed by atoms with Crippen LogP contribution in [0.2, 0.25) is 5.02 Å². The molecule has 1 aromatic heterocycles. The largest absolute Gasteiger partial charge is 0.481 e. The molecule has 3 heterocycles. The lowest BCUT2D eigenvalue weighted by molar-refractivity contribution is 0.240. The van der Waals surface area contributed by atoms with Crippen molar-refractivity contribution in [1.82, 2.24) is 15.3 Å². The van der Waals surface area contributed by atoms with Gasteiger partial charge in [0.25, 0.3) is 0 Å². The number of nitrogens with one attached hydrogen (secondary N) is 2. The Balaban J connectivity index is 1.52. The molecule has 0 radical (unpaired) electrons. The number of aromatic nitrogens is 2. The molecule has 0 fully saturated rings. The monoisotopic (exact) mass is 479 g/mol. The van der Waals surface area contributed by atoms with Crippen LogP contribution in [0.25, 0.3) is 11.3 Å². The minimum absolute atomic E-state index is 0.120. The molecule has 2 N–H and O–H groups in total. The number of ether oxygens (including phenoxy) is 1. The molecule has 3 aromatic rings. The molecule has 1 unspecified atom stereocenters. The summed E-state index contributed by atoms with van der Waals surface area (Å²) in [5.41, 5.74) is 5.70. The van der Waals surface area contributed by atoms with Crippen molar-refractivity contribution in [2.24, 2.45) is 0 Å². The van der Waals surface area contributed by atoms with Crippen molar-refractivity contribution in [1.29, 1.82) is 0 Å². The Hall–Kier alpha value is -3.16. The highest BCUT2D eigenvalue weighted by molar-refractivity contribution is 6.33. The molecule has 34 heavy (non-hydrogen) atoms. The Morgan fingerprint density at radius 1 is 1.26 bits per heavy atom. The Morgan fingerprint density at radius 2 is 2.09 bits per heavy atom. The molecule has 6 nitrogen and oxygen atoms in total. The van der Waals surface area contributed by atoms with Gasteiger partial charge >= 0.3 is 0 Å². The fourth-order valence-electron chi connectivity index (χ4n) is 4.53. The van der Waals surface area contributed by atoms with Crippen molar-refractivity contribution < 1.29 is 9.13 Å². The van der Waals surface area contributed by atoms with E-state index < -0.39 is 5.82 Å². The van der Waals surface area contributed by atoms with Crippen LogP contribution in [0.5, 0.6) is 5.75 Å². The molecular weight excluding hydrogens is 453 g/mol. The second kappa shape index (κ2) is 8.89. The summed E-state index contributed by atoms with van der Waals surface area (Å²) in [5.74, 6) is 0.342. The van der Waals surface area contributed by atoms with Gasteiger partial charge in [-0.2, -0.15) is 0 Å². The van der Waals surface area contributed by atoms with Crippen molar-refractivity contribution >= 4 is 28.9 Å². The molecule has 2 aromatic carbocycles. The fraction of sp³-hybridized carbons (Fsp3) is 0.308. The van der Waals surface area contributed by atoms with E-state index in [0.717, 1.165) is 36.6 Å². The van der Waals surface area contributed by atoms with E-state index in [0.29, 0.717) is 22.3 Å². The van der Waals surface area contributed by atoms with Crippen LogP contribution in [0.4, 0.5) is 21.7 Å². The van der Waals surface area contributed by atoms with Crippen molar-refractivity contribution in [3.05, 3.63) is 70.8 Å². The summed E-state index contributed by atoms with van der Waals surface area (Å²) < 4.78 is 20.9. The molecule has 2 aliphatic rings. The first-order valence-corrected chi connectivity index (χ1v) is 11.8. The SMILES string of the molecule is C=C1C(C)Oc2c(Cl)cc(-c3nc(Nc4ccc5c(c4)CNCC5)ncc3F)cc2N1C(C)C. The maximum atomic E-state index is 14.9. The van der Waals surface area contributed by atoms with Crippen LogP contribution in [-0.2, 0) is 13.0 Å². The van der Waals surface area contributed by atoms with E-state index in [4.69, 9.17) is 16.3 Å². The van der Waals surface area contributed by atoms with Crippen LogP contribution in [0.3, 0.4) is 0 Å². The molecule has 1 atom stereocenters. The van der Waals surface area contributed by atoms with Gasteiger partial charge in [-0.05, 0) is 69.1 Å². The lowest BCUT2D eigenvalue weighted by atomic mass is 10.0. The Kier molecular flexibility index (Phi) is 5.91. The van der Waals surface area contributed by atoms with E-state index in [1.165, 1.54) is 17.3 Å². The van der Waals surface area contributed by atoms with Crippen LogP contribution in [0.15, 0.2) is 48.8 Å². The van der Waals surface area contributed by atoms with E-state index in [1.807, 2.05) is 19.1 Å². The fourth-order valence-corrected chi connectivity index (χ4v) is 4.79. The van der Waals surface area contributed by atoms with Gasteiger partial charge in [-0.1, -0.05) is 24.2 Å². The summed E-state index contributed by atoms with van der Waals surface area (Å²) in [5, 5.41) is 6.98. The van der Waals surface area contributed by atoms with Crippen molar-refractivity contribution in [3.63, 3.8) is 0 Å². The van der Waals surface area contributed by atoms with Crippen LogP contribution >= 0.6 is 11.6 Å². The highest BCUT2D eigenvalue weighted by Gasteiger charge is 2.31. The van der Waals surface area contributed by atoms with Gasteiger partial charge in [-0.15, -0.1) is 0 Å². The standard InChI is InChI=1S/C26H27ClFN5O/c1-14(2)33-15(3)16(4)34-25-21(27)10-18(11-23(25)33)24-22(28)13-30-26(32-24)31-20-6-5-17-7-8-29-12-19(17)9-20/h5-6,9-11,13-14,16,29H,3,7-8,12H2,1-2,4H3,(H,30,31,32). The first-order valence-electron chi connectivity index (χ1n) is 11.4. The predicted octanol–water partition coefficient (Wildman–Crippen LogP) is 5.83. The Bertz CT molecular complexity index is 1280. The number of halogens is 2. The normalized spacial score (nSPS) is 17.3. The van der Waals surface area contributed by atoms with E-state index >= 15 is 0 Å². The second-order valence-corrected chi connectivity index (χ2v) is 9.35. The third-order valence-corrected chi connectivity index (χ3v) is 6.52. The van der Waals surface area contributed by atoms with E-state index in [2.05, 4.69) is 58.1 Å². The van der Waals surface area contributed by atoms with Crippen LogP contribution in [0, 0.1) is 5.82 Å². The zero-order valence-corrected chi connectivity index (χ0v) is 20.2. The number of hydrogen-bond donors (Lipinski definition) is 2. The molecule has 0 saturated carbocycles. The summed E-state index contributed by atoms with van der Waals surface area (Å²) in [6.07, 6.45) is 1.97. The molecule has 0 amide bonds. The summed E-state index contributed by atoms with van der Waals surface area (Å²) in [7, 11) is 0. The van der Waals surface area contributed by atoms with E-state index in [-0.39, 0.29) is 17.8 Å². The predicted molar refractivity (Wildman–Crippen MR) is 134 cm³/mol. The quantitative estimate of drug-likeness (QED) is 0.490. The summed E-state index contributed by atoms with van der Waals surface area (Å²) >= 11 is 6.60. The number of fused-ring (bicyclic) bond motifs is 2. The molecular formula is C26H27ClFN5O. The van der Waals surface area contributed by atoms with Crippen molar-refractivity contribution in [2.75, 3.05) is 16.8 Å². The highest BCUT2D eigenvalue weighted by Crippen LogP contribution is 2.46.